The summed E-state index contributed by atoms with van der Waals surface area (Å²) >= 11 is 0. The van der Waals surface area contributed by atoms with Gasteiger partial charge in [0.1, 0.15) is 0 Å². The van der Waals surface area contributed by atoms with Crippen LogP contribution in [0, 0.1) is 49.5 Å². The van der Waals surface area contributed by atoms with E-state index in [0.29, 0.717) is 17.7 Å². The van der Waals surface area contributed by atoms with Gasteiger partial charge < -0.3 is 5.32 Å². The van der Waals surface area contributed by atoms with Gasteiger partial charge in [0, 0.05) is 30.8 Å². The first-order valence-corrected chi connectivity index (χ1v) is 11.7. The molecule has 2 aromatic carbocycles. The fourth-order valence-corrected chi connectivity index (χ4v) is 6.08. The van der Waals surface area contributed by atoms with E-state index >= 15 is 0 Å². The Balaban J connectivity index is 1.72. The predicted molar refractivity (Wildman–Crippen MR) is 119 cm³/mol. The Morgan fingerprint density at radius 1 is 1.09 bits per heavy atom. The minimum Gasteiger partial charge on any atom is -0.326 e. The molecule has 8 nitrogen and oxygen atoms in total. The zero-order valence-electron chi connectivity index (χ0n) is 18.4. The summed E-state index contributed by atoms with van der Waals surface area (Å²) in [6.07, 6.45) is 0.633. The number of piperidine rings is 1. The maximum absolute atomic E-state index is 13.5. The first-order valence-electron chi connectivity index (χ1n) is 10.3. The molecule has 0 bridgehead atoms. The summed E-state index contributed by atoms with van der Waals surface area (Å²) in [5, 5.41) is 13.5. The number of nitro benzene ring substituents is 1. The lowest BCUT2D eigenvalue weighted by Gasteiger charge is -2.31. The Bertz CT molecular complexity index is 1160. The van der Waals surface area contributed by atoms with E-state index in [9.17, 15) is 27.7 Å². The molecule has 1 amide bonds. The molecule has 1 aliphatic rings. The fraction of sp³-hybridized carbons (Fsp3) is 0.409. The summed E-state index contributed by atoms with van der Waals surface area (Å²) in [5.41, 5.74) is 2.68. The van der Waals surface area contributed by atoms with Gasteiger partial charge in [-0.1, -0.05) is 6.07 Å². The molecule has 172 valence electrons. The average molecular weight is 464 g/mol. The van der Waals surface area contributed by atoms with Crippen LogP contribution in [-0.4, -0.2) is 36.6 Å². The van der Waals surface area contributed by atoms with Crippen molar-refractivity contribution in [3.05, 3.63) is 62.5 Å². The topological polar surface area (TPSA) is 110 Å². The molecule has 32 heavy (non-hydrogen) atoms. The molecule has 0 radical (unpaired) electrons. The zero-order chi connectivity index (χ0) is 23.8. The molecule has 0 aliphatic carbocycles. The molecular weight excluding hydrogens is 437 g/mol. The van der Waals surface area contributed by atoms with E-state index in [-0.39, 0.29) is 24.7 Å². The summed E-state index contributed by atoms with van der Waals surface area (Å²) in [4.78, 5) is 23.0. The van der Waals surface area contributed by atoms with E-state index in [0.717, 1.165) is 34.4 Å². The number of nitrogens with one attached hydrogen (secondary N) is 1. The normalized spacial score (nSPS) is 15.5. The molecule has 1 saturated heterocycles. The Hall–Kier alpha value is -2.85. The van der Waals surface area contributed by atoms with Gasteiger partial charge in [-0.05, 0) is 74.9 Å². The first-order chi connectivity index (χ1) is 14.9. The first kappa shape index (κ1) is 23.8. The van der Waals surface area contributed by atoms with Crippen molar-refractivity contribution in [2.45, 2.75) is 45.4 Å². The number of carbonyl (C=O) groups is 1. The number of halogens is 1. The number of amides is 1. The van der Waals surface area contributed by atoms with Gasteiger partial charge in [-0.25, -0.2) is 8.42 Å². The number of sulfonamides is 1. The van der Waals surface area contributed by atoms with E-state index < -0.39 is 32.4 Å². The second kappa shape index (κ2) is 8.95. The van der Waals surface area contributed by atoms with E-state index in [1.807, 2.05) is 19.9 Å². The number of hydrogen-bond donors (Lipinski definition) is 1. The molecule has 3 rings (SSSR count). The van der Waals surface area contributed by atoms with Crippen molar-refractivity contribution in [3.8, 4) is 0 Å². The maximum Gasteiger partial charge on any atom is 0.306 e. The van der Waals surface area contributed by atoms with Crippen LogP contribution in [0.1, 0.15) is 35.1 Å². The summed E-state index contributed by atoms with van der Waals surface area (Å²) in [5.74, 6) is -1.81. The van der Waals surface area contributed by atoms with Gasteiger partial charge in [0.15, 0.2) is 0 Å². The van der Waals surface area contributed by atoms with Crippen molar-refractivity contribution >= 4 is 27.3 Å². The maximum atomic E-state index is 13.5. The quantitative estimate of drug-likeness (QED) is 0.532. The number of nitrogens with zero attached hydrogens (tertiary/aromatic N) is 2. The molecule has 1 N–H and O–H groups in total. The molecule has 0 saturated carbocycles. The van der Waals surface area contributed by atoms with Gasteiger partial charge in [0.25, 0.3) is 0 Å². The monoisotopic (exact) mass is 463 g/mol. The number of carbonyl (C=O) groups excluding carboxylic acids is 1. The van der Waals surface area contributed by atoms with Crippen LogP contribution in [0.5, 0.6) is 0 Å². The highest BCUT2D eigenvalue weighted by Crippen LogP contribution is 2.31. The molecule has 10 heteroatoms. The number of aryl methyl sites for hydroxylation is 2. The molecule has 0 unspecified atom stereocenters. The fourth-order valence-electron chi connectivity index (χ4n) is 4.03. The largest absolute Gasteiger partial charge is 0.326 e. The molecule has 0 aromatic heterocycles. The third-order valence-electron chi connectivity index (χ3n) is 6.13. The van der Waals surface area contributed by atoms with Gasteiger partial charge in [0.05, 0.1) is 9.82 Å². The number of nitro groups is 1. The van der Waals surface area contributed by atoms with E-state index in [1.54, 1.807) is 13.8 Å². The number of hydrogen-bond acceptors (Lipinski definition) is 5. The lowest BCUT2D eigenvalue weighted by atomic mass is 9.97. The van der Waals surface area contributed by atoms with Gasteiger partial charge >= 0.3 is 5.69 Å². The van der Waals surface area contributed by atoms with Crippen molar-refractivity contribution < 1.29 is 22.5 Å². The minimum absolute atomic E-state index is 0.125. The summed E-state index contributed by atoms with van der Waals surface area (Å²) < 4.78 is 41.6. The Kier molecular flexibility index (Phi) is 6.66. The van der Waals surface area contributed by atoms with Crippen molar-refractivity contribution in [2.24, 2.45) is 5.92 Å². The molecule has 1 heterocycles. The lowest BCUT2D eigenvalue weighted by molar-refractivity contribution is -0.387. The van der Waals surface area contributed by atoms with Gasteiger partial charge in [-0.3, -0.25) is 14.9 Å². The van der Waals surface area contributed by atoms with E-state index in [2.05, 4.69) is 5.32 Å². The number of benzene rings is 2. The zero-order valence-corrected chi connectivity index (χ0v) is 19.3. The van der Waals surface area contributed by atoms with Crippen molar-refractivity contribution in [2.75, 3.05) is 18.4 Å². The highest BCUT2D eigenvalue weighted by atomic mass is 32.2. The molecule has 1 fully saturated rings. The van der Waals surface area contributed by atoms with E-state index in [4.69, 9.17) is 0 Å². The van der Waals surface area contributed by atoms with Crippen LogP contribution < -0.4 is 5.32 Å². The van der Waals surface area contributed by atoms with Crippen LogP contribution in [0.25, 0.3) is 0 Å². The van der Waals surface area contributed by atoms with Crippen LogP contribution >= 0.6 is 0 Å². The average Bonchev–Trinajstić information content (AvgIpc) is 2.73. The lowest BCUT2D eigenvalue weighted by Crippen LogP contribution is -2.41. The second-order valence-corrected chi connectivity index (χ2v) is 10.1. The second-order valence-electron chi connectivity index (χ2n) is 8.18. The van der Waals surface area contributed by atoms with Crippen molar-refractivity contribution in [3.63, 3.8) is 0 Å². The van der Waals surface area contributed by atoms with Crippen LogP contribution in [-0.2, 0) is 14.8 Å². The summed E-state index contributed by atoms with van der Waals surface area (Å²) in [6, 6.07) is 5.13. The highest BCUT2D eigenvalue weighted by Gasteiger charge is 2.34. The van der Waals surface area contributed by atoms with Crippen LogP contribution in [0.2, 0.25) is 0 Å². The van der Waals surface area contributed by atoms with Crippen molar-refractivity contribution in [1.29, 1.82) is 0 Å². The minimum atomic E-state index is -3.71. The van der Waals surface area contributed by atoms with Gasteiger partial charge in [-0.15, -0.1) is 0 Å². The molecule has 1 aliphatic heterocycles. The molecule has 0 atom stereocenters. The number of anilines is 1. The van der Waals surface area contributed by atoms with Crippen LogP contribution in [0.4, 0.5) is 15.8 Å². The Labute approximate surface area is 186 Å². The molecular formula is C22H26FN3O5S. The van der Waals surface area contributed by atoms with E-state index in [1.165, 1.54) is 10.4 Å². The third-order valence-corrected chi connectivity index (χ3v) is 8.30. The predicted octanol–water partition coefficient (Wildman–Crippen LogP) is 4.01. The summed E-state index contributed by atoms with van der Waals surface area (Å²) in [6.45, 7) is 7.76. The molecule has 2 aromatic rings. The summed E-state index contributed by atoms with van der Waals surface area (Å²) in [7, 11) is -3.71. The van der Waals surface area contributed by atoms with Crippen LogP contribution in [0.15, 0.2) is 29.2 Å². The molecule has 0 spiro atoms. The number of rotatable bonds is 5. The SMILES string of the molecule is Cc1cc(C)c(C)c(S(=O)(=O)N2CCC(C(=O)Nc3ccc(F)c([N+](=O)[O-])c3)CC2)c1C. The van der Waals surface area contributed by atoms with Crippen molar-refractivity contribution in [1.82, 2.24) is 4.31 Å². The Morgan fingerprint density at radius 2 is 1.66 bits per heavy atom. The van der Waals surface area contributed by atoms with Gasteiger partial charge in [0.2, 0.25) is 21.7 Å². The van der Waals surface area contributed by atoms with Gasteiger partial charge in [-0.2, -0.15) is 8.70 Å². The third kappa shape index (κ3) is 4.51. The van der Waals surface area contributed by atoms with Crippen LogP contribution in [0.3, 0.4) is 0 Å². The highest BCUT2D eigenvalue weighted by molar-refractivity contribution is 7.89. The standard InChI is InChI=1S/C22H26FN3O5S/c1-13-11-14(2)16(4)21(15(13)3)32(30,31)25-9-7-17(8-10-25)22(27)24-18-5-6-19(23)20(12-18)26(28)29/h5-6,11-12,17H,7-10H2,1-4H3,(H,24,27). The smallest absolute Gasteiger partial charge is 0.306 e. The Morgan fingerprint density at radius 3 is 2.19 bits per heavy atom.